The molecule has 21 heavy (non-hydrogen) atoms. The molecule has 0 aromatic heterocycles. The van der Waals surface area contributed by atoms with Crippen LogP contribution in [0.4, 0.5) is 13.2 Å². The number of amides is 1. The number of para-hydroxylation sites is 1. The highest BCUT2D eigenvalue weighted by Crippen LogP contribution is 2.28. The van der Waals surface area contributed by atoms with Gasteiger partial charge in [0.05, 0.1) is 11.5 Å². The molecule has 1 unspecified atom stereocenters. The van der Waals surface area contributed by atoms with E-state index in [0.29, 0.717) is 0 Å². The average Bonchev–Trinajstić information content (AvgIpc) is 2.86. The number of carbonyl (C=O) groups is 2. The minimum absolute atomic E-state index is 0.0193. The molecule has 1 aliphatic rings. The zero-order valence-corrected chi connectivity index (χ0v) is 10.8. The van der Waals surface area contributed by atoms with Gasteiger partial charge < -0.3 is 14.7 Å². The summed E-state index contributed by atoms with van der Waals surface area (Å²) in [6.07, 6.45) is -4.62. The average molecular weight is 303 g/mol. The number of nitrogens with zero attached hydrogens (tertiary/aromatic N) is 1. The van der Waals surface area contributed by atoms with E-state index in [-0.39, 0.29) is 25.1 Å². The standard InChI is InChI=1S/C13H12F3NO4/c14-13(15,16)21-10-4-2-1-3-9(10)11(18)17-6-5-8(7-17)12(19)20/h1-4,8H,5-7H2,(H,19,20). The second kappa shape index (κ2) is 5.63. The van der Waals surface area contributed by atoms with Crippen LogP contribution < -0.4 is 4.74 Å². The molecule has 1 aromatic rings. The number of likely N-dealkylation sites (tertiary alicyclic amines) is 1. The first-order valence-corrected chi connectivity index (χ1v) is 6.15. The highest BCUT2D eigenvalue weighted by Gasteiger charge is 2.35. The van der Waals surface area contributed by atoms with Crippen LogP contribution in [0, 0.1) is 5.92 Å². The second-order valence-corrected chi connectivity index (χ2v) is 4.62. The summed E-state index contributed by atoms with van der Waals surface area (Å²) in [5.74, 6) is -2.97. The molecule has 0 bridgehead atoms. The van der Waals surface area contributed by atoms with Crippen LogP contribution in [0.5, 0.6) is 5.75 Å². The van der Waals surface area contributed by atoms with Crippen molar-refractivity contribution in [1.29, 1.82) is 0 Å². The van der Waals surface area contributed by atoms with Gasteiger partial charge in [-0.05, 0) is 18.6 Å². The first-order chi connectivity index (χ1) is 9.78. The lowest BCUT2D eigenvalue weighted by molar-refractivity contribution is -0.274. The molecule has 0 radical (unpaired) electrons. The van der Waals surface area contributed by atoms with Crippen LogP contribution in [0.1, 0.15) is 16.8 Å². The van der Waals surface area contributed by atoms with E-state index in [9.17, 15) is 22.8 Å². The zero-order valence-electron chi connectivity index (χ0n) is 10.8. The van der Waals surface area contributed by atoms with E-state index in [2.05, 4.69) is 4.74 Å². The smallest absolute Gasteiger partial charge is 0.481 e. The Kier molecular flexibility index (Phi) is 4.06. The van der Waals surface area contributed by atoms with Gasteiger partial charge in [-0.3, -0.25) is 9.59 Å². The lowest BCUT2D eigenvalue weighted by Crippen LogP contribution is -2.31. The van der Waals surface area contributed by atoms with E-state index in [1.807, 2.05) is 0 Å². The lowest BCUT2D eigenvalue weighted by Gasteiger charge is -2.18. The minimum atomic E-state index is -4.90. The molecular weight excluding hydrogens is 291 g/mol. The summed E-state index contributed by atoms with van der Waals surface area (Å²) < 4.78 is 40.7. The molecule has 5 nitrogen and oxygen atoms in total. The molecule has 1 aliphatic heterocycles. The number of ether oxygens (including phenoxy) is 1. The monoisotopic (exact) mass is 303 g/mol. The third-order valence-electron chi connectivity index (χ3n) is 3.17. The van der Waals surface area contributed by atoms with E-state index in [4.69, 9.17) is 5.11 Å². The largest absolute Gasteiger partial charge is 0.573 e. The highest BCUT2D eigenvalue weighted by molar-refractivity contribution is 5.97. The molecule has 1 N–H and O–H groups in total. The van der Waals surface area contributed by atoms with Crippen molar-refractivity contribution in [3.8, 4) is 5.75 Å². The Labute approximate surface area is 117 Å². The highest BCUT2D eigenvalue weighted by atomic mass is 19.4. The molecule has 1 aromatic carbocycles. The quantitative estimate of drug-likeness (QED) is 0.929. The molecule has 0 aliphatic carbocycles. The van der Waals surface area contributed by atoms with Gasteiger partial charge in [-0.15, -0.1) is 13.2 Å². The van der Waals surface area contributed by atoms with Gasteiger partial charge in [0.15, 0.2) is 0 Å². The number of carbonyl (C=O) groups excluding carboxylic acids is 1. The summed E-state index contributed by atoms with van der Waals surface area (Å²) in [4.78, 5) is 24.3. The maximum atomic E-state index is 12.3. The van der Waals surface area contributed by atoms with Gasteiger partial charge in [-0.1, -0.05) is 12.1 Å². The van der Waals surface area contributed by atoms with Crippen molar-refractivity contribution < 1.29 is 32.6 Å². The summed E-state index contributed by atoms with van der Waals surface area (Å²) in [7, 11) is 0. The molecule has 114 valence electrons. The van der Waals surface area contributed by atoms with E-state index in [1.54, 1.807) is 0 Å². The molecule has 1 saturated heterocycles. The predicted octanol–water partition coefficient (Wildman–Crippen LogP) is 2.13. The Morgan fingerprint density at radius 1 is 1.29 bits per heavy atom. The number of carboxylic acid groups (broad SMARTS) is 1. The topological polar surface area (TPSA) is 66.8 Å². The maximum Gasteiger partial charge on any atom is 0.573 e. The second-order valence-electron chi connectivity index (χ2n) is 4.62. The third-order valence-corrected chi connectivity index (χ3v) is 3.17. The minimum Gasteiger partial charge on any atom is -0.481 e. The van der Waals surface area contributed by atoms with Gasteiger partial charge in [0, 0.05) is 13.1 Å². The SMILES string of the molecule is O=C(O)C1CCN(C(=O)c2ccccc2OC(F)(F)F)C1. The molecule has 1 heterocycles. The zero-order chi connectivity index (χ0) is 15.6. The van der Waals surface area contributed by atoms with Gasteiger partial charge in [0.25, 0.3) is 5.91 Å². The Morgan fingerprint density at radius 2 is 1.95 bits per heavy atom. The fraction of sp³-hybridized carbons (Fsp3) is 0.385. The number of benzene rings is 1. The van der Waals surface area contributed by atoms with Crippen molar-refractivity contribution in [2.24, 2.45) is 5.92 Å². The Balaban J connectivity index is 2.18. The van der Waals surface area contributed by atoms with Crippen LogP contribution >= 0.6 is 0 Å². The van der Waals surface area contributed by atoms with Crippen LogP contribution in [-0.2, 0) is 4.79 Å². The number of rotatable bonds is 3. The first-order valence-electron chi connectivity index (χ1n) is 6.15. The van der Waals surface area contributed by atoms with E-state index in [1.165, 1.54) is 23.1 Å². The molecule has 8 heteroatoms. The van der Waals surface area contributed by atoms with Gasteiger partial charge in [0.1, 0.15) is 5.75 Å². The number of carboxylic acids is 1. The van der Waals surface area contributed by atoms with E-state index in [0.717, 1.165) is 6.07 Å². The summed E-state index contributed by atoms with van der Waals surface area (Å²) in [6, 6.07) is 5.01. The fourth-order valence-electron chi connectivity index (χ4n) is 2.17. The van der Waals surface area contributed by atoms with Gasteiger partial charge in [-0.2, -0.15) is 0 Å². The summed E-state index contributed by atoms with van der Waals surface area (Å²) in [5, 5.41) is 8.88. The number of aliphatic carboxylic acids is 1. The van der Waals surface area contributed by atoms with Crippen LogP contribution in [0.2, 0.25) is 0 Å². The van der Waals surface area contributed by atoms with Crippen molar-refractivity contribution in [2.45, 2.75) is 12.8 Å². The molecule has 2 rings (SSSR count). The van der Waals surface area contributed by atoms with Crippen molar-refractivity contribution >= 4 is 11.9 Å². The van der Waals surface area contributed by atoms with E-state index >= 15 is 0 Å². The van der Waals surface area contributed by atoms with Gasteiger partial charge in [-0.25, -0.2) is 0 Å². The van der Waals surface area contributed by atoms with Crippen LogP contribution in [0.15, 0.2) is 24.3 Å². The van der Waals surface area contributed by atoms with E-state index < -0.39 is 29.9 Å². The van der Waals surface area contributed by atoms with Crippen LogP contribution in [-0.4, -0.2) is 41.3 Å². The first kappa shape index (κ1) is 15.1. The summed E-state index contributed by atoms with van der Waals surface area (Å²) >= 11 is 0. The normalized spacial score (nSPS) is 18.6. The van der Waals surface area contributed by atoms with Gasteiger partial charge >= 0.3 is 12.3 Å². The number of halogens is 3. The molecule has 1 fully saturated rings. The number of alkyl halides is 3. The molecule has 1 amide bonds. The van der Waals surface area contributed by atoms with Crippen molar-refractivity contribution in [2.75, 3.05) is 13.1 Å². The lowest BCUT2D eigenvalue weighted by atomic mass is 10.1. The number of hydrogen-bond donors (Lipinski definition) is 1. The third kappa shape index (κ3) is 3.65. The molecule has 0 saturated carbocycles. The summed E-state index contributed by atoms with van der Waals surface area (Å²) in [6.45, 7) is 0.171. The Hall–Kier alpha value is -2.25. The van der Waals surface area contributed by atoms with Gasteiger partial charge in [0.2, 0.25) is 0 Å². The Morgan fingerprint density at radius 3 is 2.52 bits per heavy atom. The van der Waals surface area contributed by atoms with Crippen molar-refractivity contribution in [3.05, 3.63) is 29.8 Å². The molecular formula is C13H12F3NO4. The molecule has 0 spiro atoms. The van der Waals surface area contributed by atoms with Crippen LogP contribution in [0.3, 0.4) is 0 Å². The van der Waals surface area contributed by atoms with Crippen molar-refractivity contribution in [3.63, 3.8) is 0 Å². The van der Waals surface area contributed by atoms with Crippen molar-refractivity contribution in [1.82, 2.24) is 4.90 Å². The Bertz CT molecular complexity index is 559. The maximum absolute atomic E-state index is 12.3. The predicted molar refractivity (Wildman–Crippen MR) is 64.8 cm³/mol. The van der Waals surface area contributed by atoms with Crippen LogP contribution in [0.25, 0.3) is 0 Å². The fourth-order valence-corrected chi connectivity index (χ4v) is 2.17. The number of hydrogen-bond acceptors (Lipinski definition) is 3. The molecule has 1 atom stereocenters. The summed E-state index contributed by atoms with van der Waals surface area (Å²) in [5.41, 5.74) is -0.235.